The fraction of sp³-hybridized carbons (Fsp3) is 0.500. The second kappa shape index (κ2) is 5.93. The van der Waals surface area contributed by atoms with Crippen molar-refractivity contribution in [2.75, 3.05) is 6.54 Å². The maximum Gasteiger partial charge on any atom is 0.176 e. The quantitative estimate of drug-likeness (QED) is 0.888. The molecule has 2 rings (SSSR count). The Balaban J connectivity index is 2.26. The maximum atomic E-state index is 4.26. The molecule has 0 saturated carbocycles. The lowest BCUT2D eigenvalue weighted by atomic mass is 9.95. The van der Waals surface area contributed by atoms with Crippen molar-refractivity contribution in [1.82, 2.24) is 25.5 Å². The Bertz CT molecular complexity index is 547. The molecule has 0 amide bonds. The van der Waals surface area contributed by atoms with Crippen molar-refractivity contribution in [2.45, 2.75) is 33.2 Å². The Morgan fingerprint density at radius 3 is 2.74 bits per heavy atom. The first kappa shape index (κ1) is 13.7. The summed E-state index contributed by atoms with van der Waals surface area (Å²) in [5, 5.41) is 15.7. The Hall–Kier alpha value is -1.75. The lowest BCUT2D eigenvalue weighted by molar-refractivity contribution is 0.532. The third kappa shape index (κ3) is 3.17. The van der Waals surface area contributed by atoms with Crippen LogP contribution in [0.25, 0.3) is 0 Å². The Morgan fingerprint density at radius 2 is 2.11 bits per heavy atom. The van der Waals surface area contributed by atoms with Crippen molar-refractivity contribution >= 4 is 0 Å². The van der Waals surface area contributed by atoms with Crippen LogP contribution in [-0.4, -0.2) is 26.8 Å². The number of hydrogen-bond donors (Lipinski definition) is 1. The standard InChI is InChI=1S/C14H21N5/c1-5-15-13(9-14-16-18-19(4)17-14)12-8-6-7-10(2)11(12)3/h6-8,13,15H,5,9H2,1-4H3. The molecular weight excluding hydrogens is 238 g/mol. The monoisotopic (exact) mass is 259 g/mol. The van der Waals surface area contributed by atoms with Crippen LogP contribution in [0.3, 0.4) is 0 Å². The van der Waals surface area contributed by atoms with Crippen LogP contribution in [0.1, 0.15) is 35.5 Å². The fourth-order valence-corrected chi connectivity index (χ4v) is 2.28. The molecule has 19 heavy (non-hydrogen) atoms. The minimum absolute atomic E-state index is 0.231. The minimum Gasteiger partial charge on any atom is -0.310 e. The van der Waals surface area contributed by atoms with E-state index < -0.39 is 0 Å². The third-order valence-corrected chi connectivity index (χ3v) is 3.41. The highest BCUT2D eigenvalue weighted by molar-refractivity contribution is 5.35. The van der Waals surface area contributed by atoms with Gasteiger partial charge in [-0.15, -0.1) is 10.2 Å². The summed E-state index contributed by atoms with van der Waals surface area (Å²) < 4.78 is 0. The van der Waals surface area contributed by atoms with E-state index in [-0.39, 0.29) is 6.04 Å². The van der Waals surface area contributed by atoms with Gasteiger partial charge >= 0.3 is 0 Å². The van der Waals surface area contributed by atoms with E-state index in [1.54, 1.807) is 7.05 Å². The molecule has 5 heteroatoms. The molecule has 1 N–H and O–H groups in total. The predicted octanol–water partition coefficient (Wildman–Crippen LogP) is 1.72. The highest BCUT2D eigenvalue weighted by Gasteiger charge is 2.16. The Morgan fingerprint density at radius 1 is 1.32 bits per heavy atom. The van der Waals surface area contributed by atoms with E-state index in [1.165, 1.54) is 21.5 Å². The average Bonchev–Trinajstić information content (AvgIpc) is 2.78. The summed E-state index contributed by atoms with van der Waals surface area (Å²) in [6.07, 6.45) is 0.756. The molecule has 0 aliphatic rings. The van der Waals surface area contributed by atoms with E-state index in [2.05, 4.69) is 59.7 Å². The number of hydrogen-bond acceptors (Lipinski definition) is 4. The fourth-order valence-electron chi connectivity index (χ4n) is 2.28. The molecule has 5 nitrogen and oxygen atoms in total. The van der Waals surface area contributed by atoms with Gasteiger partial charge in [0.1, 0.15) is 0 Å². The highest BCUT2D eigenvalue weighted by atomic mass is 15.6. The molecule has 0 radical (unpaired) electrons. The number of aryl methyl sites for hydroxylation is 2. The van der Waals surface area contributed by atoms with Gasteiger partial charge < -0.3 is 5.32 Å². The van der Waals surface area contributed by atoms with Crippen molar-refractivity contribution in [1.29, 1.82) is 0 Å². The smallest absolute Gasteiger partial charge is 0.176 e. The van der Waals surface area contributed by atoms with Crippen molar-refractivity contribution in [3.63, 3.8) is 0 Å². The first-order chi connectivity index (χ1) is 9.11. The molecule has 1 aromatic heterocycles. The van der Waals surface area contributed by atoms with Crippen LogP contribution in [0, 0.1) is 13.8 Å². The van der Waals surface area contributed by atoms with Crippen molar-refractivity contribution in [2.24, 2.45) is 7.05 Å². The van der Waals surface area contributed by atoms with Crippen LogP contribution in [0.15, 0.2) is 18.2 Å². The minimum atomic E-state index is 0.231. The van der Waals surface area contributed by atoms with E-state index in [0.717, 1.165) is 18.8 Å². The van der Waals surface area contributed by atoms with Gasteiger partial charge in [-0.1, -0.05) is 25.1 Å². The summed E-state index contributed by atoms with van der Waals surface area (Å²) in [7, 11) is 1.79. The first-order valence-electron chi connectivity index (χ1n) is 6.64. The highest BCUT2D eigenvalue weighted by Crippen LogP contribution is 2.22. The van der Waals surface area contributed by atoms with Gasteiger partial charge in [-0.05, 0) is 42.3 Å². The van der Waals surface area contributed by atoms with Crippen molar-refractivity contribution in [3.05, 3.63) is 40.7 Å². The van der Waals surface area contributed by atoms with Gasteiger partial charge in [-0.3, -0.25) is 0 Å². The largest absolute Gasteiger partial charge is 0.310 e. The van der Waals surface area contributed by atoms with Gasteiger partial charge in [0.15, 0.2) is 5.82 Å². The number of aromatic nitrogens is 4. The number of rotatable bonds is 5. The molecule has 0 spiro atoms. The Labute approximate surface area is 114 Å². The summed E-state index contributed by atoms with van der Waals surface area (Å²) in [5.74, 6) is 0.773. The number of tetrazole rings is 1. The lowest BCUT2D eigenvalue weighted by Crippen LogP contribution is -2.24. The number of nitrogens with zero attached hydrogens (tertiary/aromatic N) is 4. The van der Waals surface area contributed by atoms with Gasteiger partial charge in [0, 0.05) is 12.5 Å². The molecule has 0 aliphatic heterocycles. The summed E-state index contributed by atoms with van der Waals surface area (Å²) in [4.78, 5) is 1.50. The molecule has 102 valence electrons. The van der Waals surface area contributed by atoms with E-state index in [4.69, 9.17) is 0 Å². The first-order valence-corrected chi connectivity index (χ1v) is 6.64. The molecule has 0 fully saturated rings. The van der Waals surface area contributed by atoms with Gasteiger partial charge in [0.05, 0.1) is 7.05 Å². The van der Waals surface area contributed by atoms with Crippen LogP contribution in [-0.2, 0) is 13.5 Å². The zero-order valence-corrected chi connectivity index (χ0v) is 12.0. The zero-order valence-electron chi connectivity index (χ0n) is 12.0. The van der Waals surface area contributed by atoms with Crippen molar-refractivity contribution in [3.8, 4) is 0 Å². The lowest BCUT2D eigenvalue weighted by Gasteiger charge is -2.20. The van der Waals surface area contributed by atoms with E-state index >= 15 is 0 Å². The van der Waals surface area contributed by atoms with Gasteiger partial charge in [0.2, 0.25) is 0 Å². The van der Waals surface area contributed by atoms with Crippen molar-refractivity contribution < 1.29 is 0 Å². The van der Waals surface area contributed by atoms with Gasteiger partial charge in [-0.25, -0.2) is 0 Å². The molecule has 2 aromatic rings. The molecule has 0 saturated heterocycles. The van der Waals surface area contributed by atoms with Crippen LogP contribution in [0.5, 0.6) is 0 Å². The van der Waals surface area contributed by atoms with E-state index in [9.17, 15) is 0 Å². The van der Waals surface area contributed by atoms with Crippen LogP contribution in [0.2, 0.25) is 0 Å². The summed E-state index contributed by atoms with van der Waals surface area (Å²) in [5.41, 5.74) is 3.96. The van der Waals surface area contributed by atoms with Crippen LogP contribution >= 0.6 is 0 Å². The third-order valence-electron chi connectivity index (χ3n) is 3.41. The molecule has 1 heterocycles. The maximum absolute atomic E-state index is 4.26. The molecular formula is C14H21N5. The van der Waals surface area contributed by atoms with E-state index in [1.807, 2.05) is 0 Å². The van der Waals surface area contributed by atoms with Crippen LogP contribution in [0.4, 0.5) is 0 Å². The van der Waals surface area contributed by atoms with Crippen LogP contribution < -0.4 is 5.32 Å². The topological polar surface area (TPSA) is 55.6 Å². The summed E-state index contributed by atoms with van der Waals surface area (Å²) in [6, 6.07) is 6.65. The average molecular weight is 259 g/mol. The second-order valence-electron chi connectivity index (χ2n) is 4.80. The van der Waals surface area contributed by atoms with Gasteiger partial charge in [-0.2, -0.15) is 4.80 Å². The molecule has 0 bridgehead atoms. The molecule has 0 aliphatic carbocycles. The molecule has 1 unspecified atom stereocenters. The zero-order chi connectivity index (χ0) is 13.8. The predicted molar refractivity (Wildman–Crippen MR) is 74.8 cm³/mol. The van der Waals surface area contributed by atoms with Gasteiger partial charge in [0.25, 0.3) is 0 Å². The Kier molecular flexibility index (Phi) is 4.27. The normalized spacial score (nSPS) is 12.6. The number of benzene rings is 1. The SMILES string of the molecule is CCNC(Cc1nnn(C)n1)c1cccc(C)c1C. The number of likely N-dealkylation sites (N-methyl/N-ethyl adjacent to an activating group) is 1. The summed E-state index contributed by atoms with van der Waals surface area (Å²) in [6.45, 7) is 7.34. The molecule has 1 atom stereocenters. The van der Waals surface area contributed by atoms with E-state index in [0.29, 0.717) is 0 Å². The second-order valence-corrected chi connectivity index (χ2v) is 4.80. The number of nitrogens with one attached hydrogen (secondary N) is 1. The summed E-state index contributed by atoms with van der Waals surface area (Å²) >= 11 is 0. The molecule has 1 aromatic carbocycles.